The first-order chi connectivity index (χ1) is 17.8. The van der Waals surface area contributed by atoms with Gasteiger partial charge in [0.1, 0.15) is 0 Å². The number of hydrogen-bond donors (Lipinski definition) is 0. The minimum atomic E-state index is -2.59. The monoisotopic (exact) mass is 507 g/mol. The maximum atomic E-state index is 7.57. The Kier molecular flexibility index (Phi) is 7.40. The van der Waals surface area contributed by atoms with Gasteiger partial charge in [0.15, 0.2) is 0 Å². The van der Waals surface area contributed by atoms with Gasteiger partial charge >= 0.3 is 0 Å². The van der Waals surface area contributed by atoms with Crippen LogP contribution in [0.25, 0.3) is 10.8 Å². The molecule has 0 heterocycles. The van der Waals surface area contributed by atoms with Crippen LogP contribution in [0, 0.1) is 0 Å². The molecule has 1 aliphatic rings. The van der Waals surface area contributed by atoms with Crippen molar-refractivity contribution in [2.75, 3.05) is 20.6 Å². The minimum absolute atomic E-state index is 0.0189. The first-order valence-electron chi connectivity index (χ1n) is 13.8. The molecule has 37 heavy (non-hydrogen) atoms. The van der Waals surface area contributed by atoms with E-state index in [1.165, 1.54) is 44.3 Å². The second kappa shape index (κ2) is 10.6. The summed E-state index contributed by atoms with van der Waals surface area (Å²) in [5.41, 5.74) is 4.33. The Morgan fingerprint density at radius 1 is 0.838 bits per heavy atom. The van der Waals surface area contributed by atoms with Gasteiger partial charge in [-0.2, -0.15) is 0 Å². The molecule has 0 bridgehead atoms. The van der Waals surface area contributed by atoms with Gasteiger partial charge in [-0.3, -0.25) is 0 Å². The molecule has 1 aliphatic carbocycles. The standard InChI is InChI=1S/C34H41NOSi/c1-34(2,3)37(28-14-8-6-9-15-28,29-16-10-7-11-17-29)36-33-23-22-30-31(33)21-20-27-19-18-26(25-32(27)30)13-12-24-35(4)5/h6-11,14-21,25,33H,12-13,22-24H2,1-5H3. The van der Waals surface area contributed by atoms with E-state index < -0.39 is 8.32 Å². The van der Waals surface area contributed by atoms with Crippen molar-refractivity contribution < 1.29 is 4.43 Å². The molecule has 4 aromatic rings. The Bertz CT molecular complexity index is 1300. The summed E-state index contributed by atoms with van der Waals surface area (Å²) >= 11 is 0. The number of rotatable bonds is 8. The molecule has 1 unspecified atom stereocenters. The first kappa shape index (κ1) is 25.9. The second-order valence-electron chi connectivity index (χ2n) is 11.9. The van der Waals surface area contributed by atoms with Gasteiger partial charge in [0, 0.05) is 0 Å². The van der Waals surface area contributed by atoms with Crippen LogP contribution in [-0.2, 0) is 17.3 Å². The van der Waals surface area contributed by atoms with E-state index in [1.54, 1.807) is 0 Å². The fourth-order valence-corrected chi connectivity index (χ4v) is 10.9. The molecular weight excluding hydrogens is 466 g/mol. The molecule has 192 valence electrons. The lowest BCUT2D eigenvalue weighted by atomic mass is 9.97. The van der Waals surface area contributed by atoms with Crippen LogP contribution >= 0.6 is 0 Å². The summed E-state index contributed by atoms with van der Waals surface area (Å²) in [6.07, 6.45) is 4.55. The molecule has 1 atom stereocenters. The summed E-state index contributed by atoms with van der Waals surface area (Å²) < 4.78 is 7.57. The highest BCUT2D eigenvalue weighted by molar-refractivity contribution is 6.99. The number of nitrogens with zero attached hydrogens (tertiary/aromatic N) is 1. The first-order valence-corrected chi connectivity index (χ1v) is 15.7. The quantitative estimate of drug-likeness (QED) is 0.241. The number of fused-ring (bicyclic) bond motifs is 3. The van der Waals surface area contributed by atoms with E-state index in [1.807, 2.05) is 0 Å². The highest BCUT2D eigenvalue weighted by atomic mass is 28.4. The average molecular weight is 508 g/mol. The van der Waals surface area contributed by atoms with Gasteiger partial charge in [0.25, 0.3) is 8.32 Å². The van der Waals surface area contributed by atoms with Gasteiger partial charge in [-0.15, -0.1) is 0 Å². The van der Waals surface area contributed by atoms with Crippen LogP contribution in [0.4, 0.5) is 0 Å². The van der Waals surface area contributed by atoms with Crippen LogP contribution in [-0.4, -0.2) is 33.9 Å². The molecule has 0 N–H and O–H groups in total. The zero-order valence-electron chi connectivity index (χ0n) is 23.1. The third kappa shape index (κ3) is 5.05. The van der Waals surface area contributed by atoms with E-state index in [2.05, 4.69) is 131 Å². The van der Waals surface area contributed by atoms with Gasteiger partial charge in [-0.05, 0) is 89.2 Å². The molecule has 0 aliphatic heterocycles. The van der Waals surface area contributed by atoms with Crippen LogP contribution in [0.2, 0.25) is 5.04 Å². The van der Waals surface area contributed by atoms with E-state index in [0.29, 0.717) is 0 Å². The van der Waals surface area contributed by atoms with E-state index in [4.69, 9.17) is 4.43 Å². The Balaban J connectivity index is 1.56. The van der Waals surface area contributed by atoms with E-state index >= 15 is 0 Å². The van der Waals surface area contributed by atoms with Crippen molar-refractivity contribution >= 4 is 29.5 Å². The summed E-state index contributed by atoms with van der Waals surface area (Å²) in [5.74, 6) is 0. The lowest BCUT2D eigenvalue weighted by Crippen LogP contribution is -2.66. The zero-order chi connectivity index (χ0) is 26.0. The molecule has 5 rings (SSSR count). The largest absolute Gasteiger partial charge is 0.400 e. The summed E-state index contributed by atoms with van der Waals surface area (Å²) in [4.78, 5) is 2.27. The van der Waals surface area contributed by atoms with Crippen molar-refractivity contribution in [3.63, 3.8) is 0 Å². The van der Waals surface area contributed by atoms with Crippen molar-refractivity contribution in [3.05, 3.63) is 108 Å². The normalized spacial score (nSPS) is 15.9. The van der Waals surface area contributed by atoms with Crippen LogP contribution in [0.5, 0.6) is 0 Å². The van der Waals surface area contributed by atoms with Gasteiger partial charge < -0.3 is 9.33 Å². The summed E-state index contributed by atoms with van der Waals surface area (Å²) in [7, 11) is 1.71. The van der Waals surface area contributed by atoms with Crippen molar-refractivity contribution in [3.8, 4) is 0 Å². The average Bonchev–Trinajstić information content (AvgIpc) is 3.30. The van der Waals surface area contributed by atoms with Crippen molar-refractivity contribution in [1.82, 2.24) is 4.90 Å². The zero-order valence-corrected chi connectivity index (χ0v) is 24.1. The fourth-order valence-electron chi connectivity index (χ4n) is 6.24. The van der Waals surface area contributed by atoms with E-state index in [0.717, 1.165) is 25.8 Å². The molecule has 0 aromatic heterocycles. The van der Waals surface area contributed by atoms with Crippen molar-refractivity contribution in [1.29, 1.82) is 0 Å². The smallest absolute Gasteiger partial charge is 0.261 e. The van der Waals surface area contributed by atoms with E-state index in [9.17, 15) is 0 Å². The van der Waals surface area contributed by atoms with Gasteiger partial charge in [-0.1, -0.05) is 112 Å². The highest BCUT2D eigenvalue weighted by Crippen LogP contribution is 2.45. The Morgan fingerprint density at radius 3 is 2.05 bits per heavy atom. The molecule has 4 aromatic carbocycles. The summed E-state index contributed by atoms with van der Waals surface area (Å²) in [6, 6.07) is 33.8. The third-order valence-electron chi connectivity index (χ3n) is 8.04. The fraction of sp³-hybridized carbons (Fsp3) is 0.353. The molecule has 0 spiro atoms. The molecule has 0 saturated carbocycles. The third-order valence-corrected chi connectivity index (χ3v) is 13.1. The minimum Gasteiger partial charge on any atom is -0.400 e. The number of aryl methyl sites for hydroxylation is 2. The van der Waals surface area contributed by atoms with Crippen LogP contribution in [0.1, 0.15) is 56.4 Å². The molecule has 2 nitrogen and oxygen atoms in total. The molecule has 0 saturated heterocycles. The molecular formula is C34H41NOSi. The van der Waals surface area contributed by atoms with Crippen molar-refractivity contribution in [2.24, 2.45) is 0 Å². The van der Waals surface area contributed by atoms with Crippen LogP contribution in [0.3, 0.4) is 0 Å². The molecule has 0 amide bonds. The lowest BCUT2D eigenvalue weighted by Gasteiger charge is -2.44. The Labute approximate surface area is 224 Å². The maximum Gasteiger partial charge on any atom is 0.261 e. The number of hydrogen-bond acceptors (Lipinski definition) is 2. The predicted molar refractivity (Wildman–Crippen MR) is 161 cm³/mol. The summed E-state index contributed by atoms with van der Waals surface area (Å²) in [5, 5.41) is 5.46. The Hall–Kier alpha value is -2.72. The molecule has 0 radical (unpaired) electrons. The van der Waals surface area contributed by atoms with Crippen molar-refractivity contribution in [2.45, 2.75) is 57.6 Å². The second-order valence-corrected chi connectivity index (χ2v) is 16.2. The molecule has 0 fully saturated rings. The van der Waals surface area contributed by atoms with Gasteiger partial charge in [0.05, 0.1) is 6.10 Å². The van der Waals surface area contributed by atoms with E-state index in [-0.39, 0.29) is 11.1 Å². The van der Waals surface area contributed by atoms with Crippen LogP contribution in [0.15, 0.2) is 91.0 Å². The topological polar surface area (TPSA) is 12.5 Å². The molecule has 3 heteroatoms. The number of benzene rings is 4. The Morgan fingerprint density at radius 2 is 1.46 bits per heavy atom. The lowest BCUT2D eigenvalue weighted by molar-refractivity contribution is 0.192. The van der Waals surface area contributed by atoms with Crippen LogP contribution < -0.4 is 10.4 Å². The maximum absolute atomic E-state index is 7.57. The van der Waals surface area contributed by atoms with Gasteiger partial charge in [-0.25, -0.2) is 0 Å². The predicted octanol–water partition coefficient (Wildman–Crippen LogP) is 6.90. The SMILES string of the molecule is CN(C)CCCc1ccc2ccc3c(c2c1)CCC3O[Si](c1ccccc1)(c1ccccc1)C(C)(C)C. The summed E-state index contributed by atoms with van der Waals surface area (Å²) in [6.45, 7) is 8.24. The van der Waals surface area contributed by atoms with Gasteiger partial charge in [0.2, 0.25) is 0 Å². The highest BCUT2D eigenvalue weighted by Gasteiger charge is 2.52.